The van der Waals surface area contributed by atoms with E-state index in [4.69, 9.17) is 0 Å². The topological polar surface area (TPSA) is 20.2 Å². The highest BCUT2D eigenvalue weighted by Crippen LogP contribution is 2.65. The third-order valence-electron chi connectivity index (χ3n) is 4.67. The molecule has 0 heterocycles. The third-order valence-corrected chi connectivity index (χ3v) is 5.23. The average molecular weight is 186 g/mol. The van der Waals surface area contributed by atoms with Crippen LogP contribution in [0, 0.1) is 16.7 Å². The largest absolute Gasteiger partial charge is 0.392 e. The Bertz CT molecular complexity index is 202. The Balaban J connectivity index is 2.39. The summed E-state index contributed by atoms with van der Waals surface area (Å²) in [5, 5.41) is 9.96. The van der Waals surface area contributed by atoms with Gasteiger partial charge < -0.3 is 5.11 Å². The molecule has 1 nitrogen and oxygen atoms in total. The Hall–Kier alpha value is 0.310. The third kappa shape index (κ3) is 0.759. The van der Waals surface area contributed by atoms with Crippen LogP contribution in [0.15, 0.2) is 0 Å². The second kappa shape index (κ2) is 2.42. The van der Waals surface area contributed by atoms with Gasteiger partial charge in [0.25, 0.3) is 0 Å². The molecule has 0 spiro atoms. The molecule has 0 amide bonds. The van der Waals surface area contributed by atoms with E-state index in [2.05, 4.69) is 26.5 Å². The van der Waals surface area contributed by atoms with Crippen LogP contribution in [0.3, 0.4) is 0 Å². The smallest absolute Gasteiger partial charge is 0.0612 e. The number of aliphatic hydroxyl groups is 1. The van der Waals surface area contributed by atoms with Crippen molar-refractivity contribution in [2.75, 3.05) is 5.75 Å². The fourth-order valence-corrected chi connectivity index (χ4v) is 4.19. The molecule has 70 valence electrons. The lowest BCUT2D eigenvalue weighted by Crippen LogP contribution is -2.40. The average Bonchev–Trinajstić information content (AvgIpc) is 2.36. The molecule has 3 atom stereocenters. The lowest BCUT2D eigenvalue weighted by Gasteiger charge is -2.39. The highest BCUT2D eigenvalue weighted by molar-refractivity contribution is 7.80. The van der Waals surface area contributed by atoms with E-state index >= 15 is 0 Å². The zero-order valence-electron chi connectivity index (χ0n) is 7.88. The Morgan fingerprint density at radius 2 is 2.17 bits per heavy atom. The van der Waals surface area contributed by atoms with Crippen molar-refractivity contribution in [2.45, 2.75) is 39.2 Å². The zero-order valence-corrected chi connectivity index (χ0v) is 8.77. The first-order valence-corrected chi connectivity index (χ1v) is 5.47. The molecule has 0 aromatic carbocycles. The molecule has 2 unspecified atom stereocenters. The summed E-state index contributed by atoms with van der Waals surface area (Å²) in [5.74, 6) is 1.58. The Morgan fingerprint density at radius 1 is 1.50 bits per heavy atom. The molecule has 2 heteroatoms. The van der Waals surface area contributed by atoms with E-state index in [1.54, 1.807) is 0 Å². The molecule has 2 aliphatic rings. The van der Waals surface area contributed by atoms with Gasteiger partial charge in [0.05, 0.1) is 6.10 Å². The van der Waals surface area contributed by atoms with Gasteiger partial charge in [-0.15, -0.1) is 0 Å². The first-order chi connectivity index (χ1) is 5.54. The summed E-state index contributed by atoms with van der Waals surface area (Å²) in [5.41, 5.74) is 0.439. The molecule has 0 radical (unpaired) electrons. The summed E-state index contributed by atoms with van der Waals surface area (Å²) in [4.78, 5) is 0. The van der Waals surface area contributed by atoms with Crippen LogP contribution in [0.5, 0.6) is 0 Å². The molecule has 2 fully saturated rings. The van der Waals surface area contributed by atoms with Gasteiger partial charge in [0.1, 0.15) is 0 Å². The van der Waals surface area contributed by atoms with Crippen LogP contribution in [-0.2, 0) is 0 Å². The Kier molecular flexibility index (Phi) is 1.79. The second-order valence-corrected chi connectivity index (χ2v) is 5.34. The summed E-state index contributed by atoms with van der Waals surface area (Å²) >= 11 is 4.42. The molecule has 0 saturated heterocycles. The predicted molar refractivity (Wildman–Crippen MR) is 53.4 cm³/mol. The number of thiol groups is 1. The maximum absolute atomic E-state index is 9.96. The van der Waals surface area contributed by atoms with Crippen LogP contribution in [0.25, 0.3) is 0 Å². The van der Waals surface area contributed by atoms with Crippen molar-refractivity contribution in [1.29, 1.82) is 0 Å². The minimum absolute atomic E-state index is 0.0938. The summed E-state index contributed by atoms with van der Waals surface area (Å²) < 4.78 is 0. The van der Waals surface area contributed by atoms with Crippen molar-refractivity contribution >= 4 is 12.6 Å². The maximum Gasteiger partial charge on any atom is 0.0612 e. The molecule has 0 aromatic heterocycles. The molecular formula is C10H18OS. The number of rotatable bonds is 1. The van der Waals surface area contributed by atoms with E-state index in [9.17, 15) is 5.11 Å². The van der Waals surface area contributed by atoms with Gasteiger partial charge in [-0.25, -0.2) is 0 Å². The Morgan fingerprint density at radius 3 is 2.42 bits per heavy atom. The van der Waals surface area contributed by atoms with Crippen molar-refractivity contribution in [3.05, 3.63) is 0 Å². The monoisotopic (exact) mass is 186 g/mol. The SMILES string of the molecule is CC1(C)C2CCC1(CS)[C@H](O)C2. The highest BCUT2D eigenvalue weighted by atomic mass is 32.1. The standard InChI is InChI=1S/C10H18OS/c1-9(2)7-3-4-10(9,6-12)8(11)5-7/h7-8,11-12H,3-6H2,1-2H3/t7?,8-,10?/m1/s1. The summed E-state index contributed by atoms with van der Waals surface area (Å²) in [6, 6.07) is 0. The molecule has 0 aliphatic heterocycles. The van der Waals surface area contributed by atoms with Gasteiger partial charge in [0, 0.05) is 5.41 Å². The maximum atomic E-state index is 9.96. The van der Waals surface area contributed by atoms with Crippen molar-refractivity contribution < 1.29 is 5.11 Å². The number of aliphatic hydroxyl groups excluding tert-OH is 1. The normalized spacial score (nSPS) is 50.0. The van der Waals surface area contributed by atoms with Gasteiger partial charge in [-0.05, 0) is 36.3 Å². The van der Waals surface area contributed by atoms with Crippen LogP contribution in [0.1, 0.15) is 33.1 Å². The van der Waals surface area contributed by atoms with Crippen LogP contribution in [0.4, 0.5) is 0 Å². The van der Waals surface area contributed by atoms with Gasteiger partial charge in [-0.2, -0.15) is 12.6 Å². The summed E-state index contributed by atoms with van der Waals surface area (Å²) in [6.45, 7) is 4.61. The van der Waals surface area contributed by atoms with E-state index < -0.39 is 0 Å². The summed E-state index contributed by atoms with van der Waals surface area (Å²) in [7, 11) is 0. The lowest BCUT2D eigenvalue weighted by molar-refractivity contribution is 0.0171. The molecule has 2 rings (SSSR count). The molecule has 12 heavy (non-hydrogen) atoms. The zero-order chi connectivity index (χ0) is 8.98. The second-order valence-electron chi connectivity index (χ2n) is 5.02. The molecule has 0 aromatic rings. The Labute approximate surface area is 80.0 Å². The van der Waals surface area contributed by atoms with Crippen LogP contribution in [0.2, 0.25) is 0 Å². The predicted octanol–water partition coefficient (Wildman–Crippen LogP) is 2.10. The van der Waals surface area contributed by atoms with Gasteiger partial charge in [-0.3, -0.25) is 0 Å². The molecule has 2 aliphatic carbocycles. The van der Waals surface area contributed by atoms with Crippen molar-refractivity contribution in [3.8, 4) is 0 Å². The van der Waals surface area contributed by atoms with Gasteiger partial charge in [-0.1, -0.05) is 13.8 Å². The van der Waals surface area contributed by atoms with Crippen molar-refractivity contribution in [1.82, 2.24) is 0 Å². The molecular weight excluding hydrogens is 168 g/mol. The van der Waals surface area contributed by atoms with Crippen molar-refractivity contribution in [3.63, 3.8) is 0 Å². The lowest BCUT2D eigenvalue weighted by atomic mass is 9.70. The van der Waals surface area contributed by atoms with Gasteiger partial charge in [0.15, 0.2) is 0 Å². The first kappa shape index (κ1) is 8.89. The molecule has 1 N–H and O–H groups in total. The van der Waals surface area contributed by atoms with E-state index in [1.807, 2.05) is 0 Å². The van der Waals surface area contributed by atoms with Crippen LogP contribution in [-0.4, -0.2) is 17.0 Å². The highest BCUT2D eigenvalue weighted by Gasteiger charge is 2.62. The minimum Gasteiger partial charge on any atom is -0.392 e. The fraction of sp³-hybridized carbons (Fsp3) is 1.00. The van der Waals surface area contributed by atoms with E-state index in [1.165, 1.54) is 12.8 Å². The molecule has 2 bridgehead atoms. The van der Waals surface area contributed by atoms with E-state index in [0.717, 1.165) is 18.1 Å². The van der Waals surface area contributed by atoms with Crippen LogP contribution >= 0.6 is 12.6 Å². The van der Waals surface area contributed by atoms with E-state index in [0.29, 0.717) is 5.41 Å². The van der Waals surface area contributed by atoms with Crippen molar-refractivity contribution in [2.24, 2.45) is 16.7 Å². The fourth-order valence-electron chi connectivity index (χ4n) is 3.41. The van der Waals surface area contributed by atoms with Gasteiger partial charge in [0.2, 0.25) is 0 Å². The first-order valence-electron chi connectivity index (χ1n) is 4.83. The molecule has 2 saturated carbocycles. The summed E-state index contributed by atoms with van der Waals surface area (Å²) in [6.07, 6.45) is 3.39. The van der Waals surface area contributed by atoms with Gasteiger partial charge >= 0.3 is 0 Å². The van der Waals surface area contributed by atoms with Crippen LogP contribution < -0.4 is 0 Å². The number of fused-ring (bicyclic) bond motifs is 2. The number of hydrogen-bond donors (Lipinski definition) is 2. The minimum atomic E-state index is -0.0938. The quantitative estimate of drug-likeness (QED) is 0.601. The van der Waals surface area contributed by atoms with E-state index in [-0.39, 0.29) is 11.5 Å². The number of hydrogen-bond acceptors (Lipinski definition) is 2.